The molecule has 17 heavy (non-hydrogen) atoms. The summed E-state index contributed by atoms with van der Waals surface area (Å²) in [7, 11) is -3.48. The third-order valence-corrected chi connectivity index (χ3v) is 3.44. The van der Waals surface area contributed by atoms with Crippen molar-refractivity contribution in [2.45, 2.75) is 0 Å². The molecule has 1 rings (SSSR count). The molecule has 1 aromatic carbocycles. The van der Waals surface area contributed by atoms with E-state index in [1.165, 1.54) is 0 Å². The Labute approximate surface area is 114 Å². The number of thiocarbonyl (C=S) groups is 1. The second-order valence-corrected chi connectivity index (χ2v) is 6.44. The van der Waals surface area contributed by atoms with Gasteiger partial charge in [0.2, 0.25) is 10.0 Å². The maximum Gasteiger partial charge on any atom is 0.210 e. The van der Waals surface area contributed by atoms with Gasteiger partial charge in [-0.1, -0.05) is 28.1 Å². The van der Waals surface area contributed by atoms with Gasteiger partial charge in [-0.05, 0) is 18.2 Å². The molecule has 0 heterocycles. The van der Waals surface area contributed by atoms with Crippen LogP contribution in [0.15, 0.2) is 22.7 Å². The van der Waals surface area contributed by atoms with Crippen LogP contribution in [0.25, 0.3) is 0 Å². The average molecular weight is 338 g/mol. The van der Waals surface area contributed by atoms with E-state index in [4.69, 9.17) is 23.1 Å². The Morgan fingerprint density at radius 2 is 2.12 bits per heavy atom. The first-order valence-electron chi connectivity index (χ1n) is 4.63. The van der Waals surface area contributed by atoms with Crippen LogP contribution >= 0.6 is 28.1 Å². The minimum Gasteiger partial charge on any atom is -0.389 e. The van der Waals surface area contributed by atoms with E-state index in [2.05, 4.69) is 21.2 Å². The minimum absolute atomic E-state index is 0.156. The van der Waals surface area contributed by atoms with Crippen LogP contribution in [-0.4, -0.2) is 25.7 Å². The van der Waals surface area contributed by atoms with Gasteiger partial charge in [-0.25, -0.2) is 13.6 Å². The Bertz CT molecular complexity index is 531. The van der Waals surface area contributed by atoms with Crippen molar-refractivity contribution in [3.05, 3.63) is 28.2 Å². The van der Waals surface area contributed by atoms with Crippen LogP contribution in [0, 0.1) is 0 Å². The van der Waals surface area contributed by atoms with Gasteiger partial charge in [0.05, 0.1) is 5.75 Å². The number of nitrogens with one attached hydrogen (secondary N) is 1. The van der Waals surface area contributed by atoms with Crippen molar-refractivity contribution in [1.29, 1.82) is 0 Å². The third kappa shape index (κ3) is 4.99. The van der Waals surface area contributed by atoms with Crippen LogP contribution in [0.3, 0.4) is 0 Å². The molecule has 0 unspecified atom stereocenters. The average Bonchev–Trinajstić information content (AvgIpc) is 2.15. The summed E-state index contributed by atoms with van der Waals surface area (Å²) in [6, 6.07) is 5.34. The summed E-state index contributed by atoms with van der Waals surface area (Å²) in [5.41, 5.74) is 6.90. The predicted molar refractivity (Wildman–Crippen MR) is 76.5 cm³/mol. The lowest BCUT2D eigenvalue weighted by Crippen LogP contribution is -2.23. The largest absolute Gasteiger partial charge is 0.389 e. The van der Waals surface area contributed by atoms with Crippen LogP contribution in [0.1, 0.15) is 5.56 Å². The zero-order chi connectivity index (χ0) is 13.1. The van der Waals surface area contributed by atoms with E-state index in [1.54, 1.807) is 18.2 Å². The van der Waals surface area contributed by atoms with Crippen molar-refractivity contribution in [3.8, 4) is 0 Å². The molecule has 0 saturated heterocycles. The second kappa shape index (κ2) is 5.76. The number of primary sulfonamides is 1. The van der Waals surface area contributed by atoms with Crippen molar-refractivity contribution in [2.24, 2.45) is 10.9 Å². The Hall–Kier alpha value is -0.700. The lowest BCUT2D eigenvalue weighted by atomic mass is 10.2. The Morgan fingerprint density at radius 3 is 2.65 bits per heavy atom. The number of sulfonamides is 1. The molecule has 0 aliphatic heterocycles. The summed E-state index contributed by atoms with van der Waals surface area (Å²) in [6.07, 6.45) is 0. The Kier molecular flexibility index (Phi) is 4.87. The zero-order valence-corrected chi connectivity index (χ0v) is 12.0. The van der Waals surface area contributed by atoms with Gasteiger partial charge in [-0.2, -0.15) is 0 Å². The van der Waals surface area contributed by atoms with Gasteiger partial charge in [0.25, 0.3) is 0 Å². The highest BCUT2D eigenvalue weighted by Crippen LogP contribution is 2.21. The molecule has 94 valence electrons. The van der Waals surface area contributed by atoms with Crippen LogP contribution in [-0.2, 0) is 10.0 Å². The van der Waals surface area contributed by atoms with Gasteiger partial charge in [0, 0.05) is 22.3 Å². The van der Waals surface area contributed by atoms with Gasteiger partial charge in [-0.3, -0.25) is 0 Å². The fraction of sp³-hybridized carbons (Fsp3) is 0.222. The summed E-state index contributed by atoms with van der Waals surface area (Å²) in [6.45, 7) is 0.199. The Balaban J connectivity index is 2.82. The minimum atomic E-state index is -3.48. The summed E-state index contributed by atoms with van der Waals surface area (Å²) in [4.78, 5) is 0.246. The zero-order valence-electron chi connectivity index (χ0n) is 8.81. The van der Waals surface area contributed by atoms with Crippen LogP contribution in [0.5, 0.6) is 0 Å². The molecule has 0 radical (unpaired) electrons. The van der Waals surface area contributed by atoms with E-state index in [0.29, 0.717) is 11.3 Å². The van der Waals surface area contributed by atoms with Gasteiger partial charge < -0.3 is 11.1 Å². The van der Waals surface area contributed by atoms with Gasteiger partial charge >= 0.3 is 0 Å². The maximum atomic E-state index is 10.8. The summed E-state index contributed by atoms with van der Waals surface area (Å²) >= 11 is 8.21. The molecule has 0 spiro atoms. The number of anilines is 1. The first-order valence-corrected chi connectivity index (χ1v) is 7.55. The predicted octanol–water partition coefficient (Wildman–Crippen LogP) is 0.784. The number of halogens is 1. The standard InChI is InChI=1S/C9H12BrN3O2S2/c10-6-1-2-7(9(11)16)8(5-6)13-3-4-17(12,14)15/h1-2,5,13H,3-4H2,(H2,11,16)(H2,12,14,15). The highest BCUT2D eigenvalue weighted by Gasteiger charge is 2.07. The topological polar surface area (TPSA) is 98.2 Å². The number of benzene rings is 1. The summed E-state index contributed by atoms with van der Waals surface area (Å²) in [5, 5.41) is 7.84. The summed E-state index contributed by atoms with van der Waals surface area (Å²) in [5.74, 6) is -0.156. The molecular formula is C9H12BrN3O2S2. The first kappa shape index (κ1) is 14.4. The number of hydrogen-bond acceptors (Lipinski definition) is 4. The Morgan fingerprint density at radius 1 is 1.47 bits per heavy atom. The van der Waals surface area contributed by atoms with Crippen LogP contribution in [0.4, 0.5) is 5.69 Å². The van der Waals surface area contributed by atoms with E-state index < -0.39 is 10.0 Å². The highest BCUT2D eigenvalue weighted by molar-refractivity contribution is 9.10. The van der Waals surface area contributed by atoms with Gasteiger partial charge in [-0.15, -0.1) is 0 Å². The normalized spacial score (nSPS) is 11.2. The third-order valence-electron chi connectivity index (χ3n) is 1.95. The highest BCUT2D eigenvalue weighted by atomic mass is 79.9. The molecule has 0 bridgehead atoms. The number of nitrogens with two attached hydrogens (primary N) is 2. The van der Waals surface area contributed by atoms with Gasteiger partial charge in [0.1, 0.15) is 4.99 Å². The molecule has 5 nitrogen and oxygen atoms in total. The molecule has 0 aliphatic carbocycles. The quantitative estimate of drug-likeness (QED) is 0.690. The second-order valence-electron chi connectivity index (χ2n) is 3.35. The molecule has 0 amide bonds. The van der Waals surface area contributed by atoms with Crippen molar-refractivity contribution in [2.75, 3.05) is 17.6 Å². The maximum absolute atomic E-state index is 10.8. The molecule has 0 fully saturated rings. The SMILES string of the molecule is NC(=S)c1ccc(Br)cc1NCCS(N)(=O)=O. The molecular weight excluding hydrogens is 326 g/mol. The van der Waals surface area contributed by atoms with Gasteiger partial charge in [0.15, 0.2) is 0 Å². The summed E-state index contributed by atoms with van der Waals surface area (Å²) < 4.78 is 22.4. The smallest absolute Gasteiger partial charge is 0.210 e. The fourth-order valence-corrected chi connectivity index (χ4v) is 2.13. The number of rotatable bonds is 5. The van der Waals surface area contributed by atoms with Crippen LogP contribution in [0.2, 0.25) is 0 Å². The lowest BCUT2D eigenvalue weighted by Gasteiger charge is -2.11. The molecule has 0 aromatic heterocycles. The molecule has 1 aromatic rings. The van der Waals surface area contributed by atoms with Crippen molar-refractivity contribution < 1.29 is 8.42 Å². The van der Waals surface area contributed by atoms with Crippen LogP contribution < -0.4 is 16.2 Å². The van der Waals surface area contributed by atoms with Crippen molar-refractivity contribution in [3.63, 3.8) is 0 Å². The molecule has 0 aliphatic rings. The van der Waals surface area contributed by atoms with E-state index >= 15 is 0 Å². The molecule has 0 atom stereocenters. The number of hydrogen-bond donors (Lipinski definition) is 3. The van der Waals surface area contributed by atoms with E-state index in [-0.39, 0.29) is 17.3 Å². The van der Waals surface area contributed by atoms with Crippen molar-refractivity contribution in [1.82, 2.24) is 0 Å². The molecule has 0 saturated carbocycles. The first-order chi connectivity index (χ1) is 7.79. The lowest BCUT2D eigenvalue weighted by molar-refractivity contribution is 0.598. The molecule has 5 N–H and O–H groups in total. The van der Waals surface area contributed by atoms with E-state index in [9.17, 15) is 8.42 Å². The van der Waals surface area contributed by atoms with E-state index in [0.717, 1.165) is 4.47 Å². The fourth-order valence-electron chi connectivity index (χ4n) is 1.21. The van der Waals surface area contributed by atoms with E-state index in [1.807, 2.05) is 0 Å². The monoisotopic (exact) mass is 337 g/mol. The van der Waals surface area contributed by atoms with Crippen molar-refractivity contribution >= 4 is 48.8 Å². The molecule has 8 heteroatoms.